The molecule has 1 heterocycles. The maximum absolute atomic E-state index is 10.9. The molecule has 0 atom stereocenters. The van der Waals surface area contributed by atoms with E-state index in [4.69, 9.17) is 16.7 Å². The van der Waals surface area contributed by atoms with Gasteiger partial charge in [0.15, 0.2) is 5.69 Å². The Morgan fingerprint density at radius 1 is 1.37 bits per heavy atom. The first kappa shape index (κ1) is 13.4. The lowest BCUT2D eigenvalue weighted by atomic mass is 10.0. The van der Waals surface area contributed by atoms with E-state index in [9.17, 15) is 9.90 Å². The number of nitrogens with zero attached hydrogens (tertiary/aromatic N) is 2. The summed E-state index contributed by atoms with van der Waals surface area (Å²) in [5.41, 5.74) is 2.33. The second-order valence-corrected chi connectivity index (χ2v) is 4.77. The van der Waals surface area contributed by atoms with Gasteiger partial charge in [-0.05, 0) is 31.5 Å². The van der Waals surface area contributed by atoms with Gasteiger partial charge in [-0.1, -0.05) is 11.6 Å². The number of aromatic carboxylic acids is 1. The Morgan fingerprint density at radius 2 is 2.00 bits per heavy atom. The van der Waals surface area contributed by atoms with Crippen LogP contribution < -0.4 is 0 Å². The Hall–Kier alpha value is -2.01. The van der Waals surface area contributed by atoms with Crippen molar-refractivity contribution in [3.63, 3.8) is 0 Å². The van der Waals surface area contributed by atoms with Crippen LogP contribution in [0.15, 0.2) is 12.1 Å². The number of hydrogen-bond acceptors (Lipinski definition) is 3. The summed E-state index contributed by atoms with van der Waals surface area (Å²) in [7, 11) is 1.63. The number of hydrogen-bond donors (Lipinski definition) is 2. The largest absolute Gasteiger partial charge is 0.507 e. The van der Waals surface area contributed by atoms with E-state index in [-0.39, 0.29) is 11.4 Å². The van der Waals surface area contributed by atoms with Crippen LogP contribution in [0.5, 0.6) is 5.75 Å². The zero-order chi connectivity index (χ0) is 14.3. The highest BCUT2D eigenvalue weighted by Crippen LogP contribution is 2.38. The number of halogens is 1. The molecule has 0 amide bonds. The van der Waals surface area contributed by atoms with E-state index in [0.717, 1.165) is 5.56 Å². The van der Waals surface area contributed by atoms with Gasteiger partial charge in [0.05, 0.1) is 5.69 Å². The van der Waals surface area contributed by atoms with E-state index in [1.54, 1.807) is 27.0 Å². The number of carboxylic acids is 1. The average molecular weight is 281 g/mol. The fourth-order valence-corrected chi connectivity index (χ4v) is 2.24. The number of benzene rings is 1. The van der Waals surface area contributed by atoms with Crippen LogP contribution >= 0.6 is 11.6 Å². The molecule has 100 valence electrons. The molecule has 0 aliphatic rings. The lowest BCUT2D eigenvalue weighted by molar-refractivity contribution is 0.0689. The van der Waals surface area contributed by atoms with Crippen LogP contribution in [0, 0.1) is 13.8 Å². The summed E-state index contributed by atoms with van der Waals surface area (Å²) < 4.78 is 1.43. The summed E-state index contributed by atoms with van der Waals surface area (Å²) in [4.78, 5) is 10.9. The van der Waals surface area contributed by atoms with Crippen molar-refractivity contribution in [1.29, 1.82) is 0 Å². The van der Waals surface area contributed by atoms with Gasteiger partial charge in [-0.3, -0.25) is 4.68 Å². The molecular weight excluding hydrogens is 268 g/mol. The molecule has 0 bridgehead atoms. The molecule has 2 aromatic rings. The van der Waals surface area contributed by atoms with Crippen LogP contribution in [-0.4, -0.2) is 26.0 Å². The first-order chi connectivity index (χ1) is 8.82. The molecule has 0 fully saturated rings. The first-order valence-electron chi connectivity index (χ1n) is 5.59. The fraction of sp³-hybridized carbons (Fsp3) is 0.231. The highest BCUT2D eigenvalue weighted by molar-refractivity contribution is 6.31. The van der Waals surface area contributed by atoms with Crippen molar-refractivity contribution in [1.82, 2.24) is 9.78 Å². The van der Waals surface area contributed by atoms with Crippen LogP contribution in [0.25, 0.3) is 11.3 Å². The topological polar surface area (TPSA) is 75.3 Å². The predicted molar refractivity (Wildman–Crippen MR) is 71.8 cm³/mol. The van der Waals surface area contributed by atoms with Crippen LogP contribution in [0.1, 0.15) is 21.6 Å². The molecule has 0 aliphatic heterocycles. The molecule has 2 N–H and O–H groups in total. The summed E-state index contributed by atoms with van der Waals surface area (Å²) in [6.07, 6.45) is 0. The lowest BCUT2D eigenvalue weighted by Gasteiger charge is -2.12. The third kappa shape index (κ3) is 2.17. The molecule has 1 aromatic carbocycles. The minimum Gasteiger partial charge on any atom is -0.507 e. The monoisotopic (exact) mass is 280 g/mol. The van der Waals surface area contributed by atoms with Gasteiger partial charge in [0.2, 0.25) is 0 Å². The molecule has 0 saturated heterocycles. The first-order valence-corrected chi connectivity index (χ1v) is 5.97. The minimum atomic E-state index is -1.11. The normalized spacial score (nSPS) is 10.7. The summed E-state index contributed by atoms with van der Waals surface area (Å²) in [6, 6.07) is 3.16. The van der Waals surface area contributed by atoms with Gasteiger partial charge in [-0.25, -0.2) is 4.79 Å². The summed E-state index contributed by atoms with van der Waals surface area (Å²) >= 11 is 6.00. The van der Waals surface area contributed by atoms with Crippen molar-refractivity contribution < 1.29 is 15.0 Å². The molecule has 5 nitrogen and oxygen atoms in total. The highest BCUT2D eigenvalue weighted by atomic mass is 35.5. The highest BCUT2D eigenvalue weighted by Gasteiger charge is 2.19. The maximum atomic E-state index is 10.9. The quantitative estimate of drug-likeness (QED) is 0.887. The fourth-order valence-electron chi connectivity index (χ4n) is 1.99. The smallest absolute Gasteiger partial charge is 0.356 e. The molecule has 0 unspecified atom stereocenters. The molecule has 0 radical (unpaired) electrons. The SMILES string of the molecule is Cc1cc(Cl)c(C)c(O)c1-c1cc(C(=O)O)nn1C. The van der Waals surface area contributed by atoms with Crippen LogP contribution in [-0.2, 0) is 7.05 Å². The number of phenolic OH excluding ortho intramolecular Hbond substituents is 1. The summed E-state index contributed by atoms with van der Waals surface area (Å²) in [6.45, 7) is 3.50. The molecule has 0 aliphatic carbocycles. The van der Waals surface area contributed by atoms with Gasteiger partial charge in [0.25, 0.3) is 0 Å². The van der Waals surface area contributed by atoms with Gasteiger partial charge in [0.1, 0.15) is 5.75 Å². The number of aromatic nitrogens is 2. The van der Waals surface area contributed by atoms with Crippen LogP contribution in [0.2, 0.25) is 5.02 Å². The van der Waals surface area contributed by atoms with Crippen LogP contribution in [0.3, 0.4) is 0 Å². The molecule has 19 heavy (non-hydrogen) atoms. The third-order valence-electron chi connectivity index (χ3n) is 3.04. The van der Waals surface area contributed by atoms with Gasteiger partial charge in [-0.15, -0.1) is 0 Å². The Kier molecular flexibility index (Phi) is 3.24. The Morgan fingerprint density at radius 3 is 2.53 bits per heavy atom. The van der Waals surface area contributed by atoms with E-state index >= 15 is 0 Å². The van der Waals surface area contributed by atoms with Crippen molar-refractivity contribution in [3.05, 3.63) is 34.0 Å². The van der Waals surface area contributed by atoms with Crippen molar-refractivity contribution in [2.75, 3.05) is 0 Å². The Labute approximate surface area is 115 Å². The Balaban J connectivity index is 2.72. The zero-order valence-corrected chi connectivity index (χ0v) is 11.5. The van der Waals surface area contributed by atoms with Gasteiger partial charge < -0.3 is 10.2 Å². The van der Waals surface area contributed by atoms with E-state index < -0.39 is 5.97 Å². The second kappa shape index (κ2) is 4.59. The Bertz CT molecular complexity index is 677. The van der Waals surface area contributed by atoms with Crippen molar-refractivity contribution >= 4 is 17.6 Å². The molecule has 6 heteroatoms. The second-order valence-electron chi connectivity index (χ2n) is 4.37. The summed E-state index contributed by atoms with van der Waals surface area (Å²) in [5, 5.41) is 23.5. The molecular formula is C13H13ClN2O3. The van der Waals surface area contributed by atoms with Gasteiger partial charge in [-0.2, -0.15) is 5.10 Å². The molecule has 0 spiro atoms. The van der Waals surface area contributed by atoms with E-state index in [0.29, 0.717) is 21.8 Å². The van der Waals surface area contributed by atoms with E-state index in [1.165, 1.54) is 10.7 Å². The number of aryl methyl sites for hydroxylation is 2. The van der Waals surface area contributed by atoms with Crippen molar-refractivity contribution in [3.8, 4) is 17.0 Å². The van der Waals surface area contributed by atoms with E-state index in [2.05, 4.69) is 5.10 Å². The van der Waals surface area contributed by atoms with Gasteiger partial charge >= 0.3 is 5.97 Å². The van der Waals surface area contributed by atoms with Gasteiger partial charge in [0, 0.05) is 23.2 Å². The zero-order valence-electron chi connectivity index (χ0n) is 10.7. The lowest BCUT2D eigenvalue weighted by Crippen LogP contribution is -2.00. The van der Waals surface area contributed by atoms with Crippen molar-refractivity contribution in [2.24, 2.45) is 7.05 Å². The molecule has 0 saturated carbocycles. The predicted octanol–water partition coefficient (Wildman–Crippen LogP) is 2.76. The molecule has 2 rings (SSSR count). The van der Waals surface area contributed by atoms with E-state index in [1.807, 2.05) is 0 Å². The van der Waals surface area contributed by atoms with Crippen LogP contribution in [0.4, 0.5) is 0 Å². The standard InChI is InChI=1S/C13H13ClN2O3/c1-6-4-8(14)7(2)12(17)11(6)10-5-9(13(18)19)15-16(10)3/h4-5,17H,1-3H3,(H,18,19). The number of aromatic hydroxyl groups is 1. The van der Waals surface area contributed by atoms with Crippen molar-refractivity contribution in [2.45, 2.75) is 13.8 Å². The minimum absolute atomic E-state index is 0.0462. The number of carbonyl (C=O) groups is 1. The molecule has 1 aromatic heterocycles. The number of rotatable bonds is 2. The third-order valence-corrected chi connectivity index (χ3v) is 3.44. The summed E-state index contributed by atoms with van der Waals surface area (Å²) in [5.74, 6) is -1.06. The number of phenols is 1. The maximum Gasteiger partial charge on any atom is 0.356 e. The number of carboxylic acid groups (broad SMARTS) is 1. The average Bonchev–Trinajstić information content (AvgIpc) is 2.69.